The number of hydrogen-bond donors (Lipinski definition) is 1. The summed E-state index contributed by atoms with van der Waals surface area (Å²) >= 11 is 0. The van der Waals surface area contributed by atoms with E-state index in [1.54, 1.807) is 0 Å². The second-order valence-electron chi connectivity index (χ2n) is 6.77. The highest BCUT2D eigenvalue weighted by molar-refractivity contribution is 4.92. The topological polar surface area (TPSA) is 15.3 Å². The molecule has 0 bridgehead atoms. The summed E-state index contributed by atoms with van der Waals surface area (Å²) in [7, 11) is 0. The molecule has 4 unspecified atom stereocenters. The molecule has 0 aromatic heterocycles. The molecule has 2 aliphatic heterocycles. The fraction of sp³-hybridized carbons (Fsp3) is 1.00. The van der Waals surface area contributed by atoms with Crippen LogP contribution in [0.1, 0.15) is 47.0 Å². The first kappa shape index (κ1) is 13.4. The van der Waals surface area contributed by atoms with Crippen LogP contribution in [-0.2, 0) is 0 Å². The van der Waals surface area contributed by atoms with E-state index in [0.29, 0.717) is 5.41 Å². The number of nitrogens with zero attached hydrogens (tertiary/aromatic N) is 1. The lowest BCUT2D eigenvalue weighted by molar-refractivity contribution is 0.0400. The van der Waals surface area contributed by atoms with Crippen molar-refractivity contribution in [3.63, 3.8) is 0 Å². The highest BCUT2D eigenvalue weighted by Gasteiger charge is 2.37. The third-order valence-electron chi connectivity index (χ3n) is 5.34. The average Bonchev–Trinajstić information content (AvgIpc) is 2.74. The first-order valence-electron chi connectivity index (χ1n) is 7.51. The monoisotopic (exact) mass is 238 g/mol. The van der Waals surface area contributed by atoms with Crippen LogP contribution in [-0.4, -0.2) is 37.1 Å². The molecule has 2 saturated heterocycles. The van der Waals surface area contributed by atoms with Crippen molar-refractivity contribution in [2.75, 3.05) is 26.2 Å². The highest BCUT2D eigenvalue weighted by atomic mass is 15.2. The van der Waals surface area contributed by atoms with Gasteiger partial charge in [0.2, 0.25) is 0 Å². The first-order valence-corrected chi connectivity index (χ1v) is 7.51. The van der Waals surface area contributed by atoms with Gasteiger partial charge in [0.25, 0.3) is 0 Å². The Labute approximate surface area is 107 Å². The Morgan fingerprint density at radius 2 is 2.06 bits per heavy atom. The summed E-state index contributed by atoms with van der Waals surface area (Å²) in [5.41, 5.74) is 0.561. The molecule has 2 aliphatic rings. The fourth-order valence-corrected chi connectivity index (χ4v) is 3.82. The third-order valence-corrected chi connectivity index (χ3v) is 5.34. The van der Waals surface area contributed by atoms with E-state index in [1.165, 1.54) is 45.4 Å². The van der Waals surface area contributed by atoms with Gasteiger partial charge in [-0.15, -0.1) is 0 Å². The van der Waals surface area contributed by atoms with Gasteiger partial charge < -0.3 is 5.32 Å². The Balaban J connectivity index is 2.00. The molecule has 1 N–H and O–H groups in total. The molecule has 0 aliphatic carbocycles. The van der Waals surface area contributed by atoms with Gasteiger partial charge in [0.15, 0.2) is 0 Å². The van der Waals surface area contributed by atoms with Crippen molar-refractivity contribution in [2.45, 2.75) is 53.0 Å². The number of rotatable bonds is 3. The van der Waals surface area contributed by atoms with Crippen molar-refractivity contribution >= 4 is 0 Å². The smallest absolute Gasteiger partial charge is 0.00930 e. The summed E-state index contributed by atoms with van der Waals surface area (Å²) in [6.07, 6.45) is 4.11. The molecule has 0 radical (unpaired) electrons. The molecule has 0 aromatic carbocycles. The quantitative estimate of drug-likeness (QED) is 0.813. The van der Waals surface area contributed by atoms with Crippen molar-refractivity contribution in [2.24, 2.45) is 17.3 Å². The van der Waals surface area contributed by atoms with Crippen molar-refractivity contribution in [1.82, 2.24) is 10.2 Å². The Morgan fingerprint density at radius 1 is 1.29 bits per heavy atom. The molecular weight excluding hydrogens is 208 g/mol. The second kappa shape index (κ2) is 5.27. The predicted molar refractivity (Wildman–Crippen MR) is 74.2 cm³/mol. The minimum atomic E-state index is 0.561. The molecule has 0 aromatic rings. The molecule has 2 fully saturated rings. The van der Waals surface area contributed by atoms with Crippen LogP contribution < -0.4 is 5.32 Å². The number of nitrogens with one attached hydrogen (secondary N) is 1. The van der Waals surface area contributed by atoms with Gasteiger partial charge in [-0.25, -0.2) is 0 Å². The van der Waals surface area contributed by atoms with E-state index in [-0.39, 0.29) is 0 Å². The van der Waals surface area contributed by atoms with E-state index < -0.39 is 0 Å². The summed E-state index contributed by atoms with van der Waals surface area (Å²) in [5, 5.41) is 3.56. The van der Waals surface area contributed by atoms with E-state index in [4.69, 9.17) is 0 Å². The summed E-state index contributed by atoms with van der Waals surface area (Å²) in [4.78, 5) is 2.77. The van der Waals surface area contributed by atoms with Gasteiger partial charge in [-0.3, -0.25) is 4.90 Å². The molecule has 2 nitrogen and oxygen atoms in total. The van der Waals surface area contributed by atoms with E-state index >= 15 is 0 Å². The summed E-state index contributed by atoms with van der Waals surface area (Å²) in [6.45, 7) is 14.7. The third kappa shape index (κ3) is 2.85. The van der Waals surface area contributed by atoms with Crippen molar-refractivity contribution in [3.05, 3.63) is 0 Å². The molecule has 0 saturated carbocycles. The zero-order valence-corrected chi connectivity index (χ0v) is 12.1. The summed E-state index contributed by atoms with van der Waals surface area (Å²) in [6, 6.07) is 0.773. The van der Waals surface area contributed by atoms with E-state index in [2.05, 4.69) is 37.9 Å². The number of likely N-dealkylation sites (tertiary alicyclic amines) is 1. The summed E-state index contributed by atoms with van der Waals surface area (Å²) in [5.74, 6) is 1.74. The van der Waals surface area contributed by atoms with Crippen molar-refractivity contribution < 1.29 is 0 Å². The van der Waals surface area contributed by atoms with Crippen molar-refractivity contribution in [3.8, 4) is 0 Å². The second-order valence-corrected chi connectivity index (χ2v) is 6.77. The minimum Gasteiger partial charge on any atom is -0.316 e. The van der Waals surface area contributed by atoms with Crippen LogP contribution in [0.5, 0.6) is 0 Å². The predicted octanol–water partition coefficient (Wildman–Crippen LogP) is 2.74. The van der Waals surface area contributed by atoms with Gasteiger partial charge in [-0.2, -0.15) is 0 Å². The molecular formula is C15H30N2. The molecule has 2 heterocycles. The SMILES string of the molecule is CCC1(CN2CC(C)CC(C)C2C)CCNC1. The van der Waals surface area contributed by atoms with Gasteiger partial charge in [0, 0.05) is 25.7 Å². The van der Waals surface area contributed by atoms with E-state index in [1.807, 2.05) is 0 Å². The maximum absolute atomic E-state index is 3.56. The molecule has 0 spiro atoms. The van der Waals surface area contributed by atoms with E-state index in [9.17, 15) is 0 Å². The number of piperidine rings is 1. The normalized spacial score (nSPS) is 44.1. The lowest BCUT2D eigenvalue weighted by Crippen LogP contribution is -2.50. The van der Waals surface area contributed by atoms with Crippen LogP contribution in [0.4, 0.5) is 0 Å². The fourth-order valence-electron chi connectivity index (χ4n) is 3.82. The van der Waals surface area contributed by atoms with E-state index in [0.717, 1.165) is 17.9 Å². The molecule has 0 amide bonds. The van der Waals surface area contributed by atoms with Crippen LogP contribution in [0, 0.1) is 17.3 Å². The zero-order chi connectivity index (χ0) is 12.5. The van der Waals surface area contributed by atoms with Gasteiger partial charge >= 0.3 is 0 Å². The van der Waals surface area contributed by atoms with Gasteiger partial charge in [0.05, 0.1) is 0 Å². The first-order chi connectivity index (χ1) is 8.06. The lowest BCUT2D eigenvalue weighted by Gasteiger charge is -2.45. The Bertz CT molecular complexity index is 245. The van der Waals surface area contributed by atoms with Crippen LogP contribution in [0.3, 0.4) is 0 Å². The van der Waals surface area contributed by atoms with Gasteiger partial charge in [-0.1, -0.05) is 20.8 Å². The van der Waals surface area contributed by atoms with Crippen LogP contribution in [0.2, 0.25) is 0 Å². The van der Waals surface area contributed by atoms with Crippen LogP contribution in [0.25, 0.3) is 0 Å². The lowest BCUT2D eigenvalue weighted by atomic mass is 9.80. The van der Waals surface area contributed by atoms with Crippen LogP contribution in [0.15, 0.2) is 0 Å². The molecule has 2 heteroatoms. The zero-order valence-electron chi connectivity index (χ0n) is 12.1. The molecule has 2 rings (SSSR count). The van der Waals surface area contributed by atoms with Crippen molar-refractivity contribution in [1.29, 1.82) is 0 Å². The minimum absolute atomic E-state index is 0.561. The largest absolute Gasteiger partial charge is 0.316 e. The number of hydrogen-bond acceptors (Lipinski definition) is 2. The Hall–Kier alpha value is -0.0800. The molecule has 17 heavy (non-hydrogen) atoms. The average molecular weight is 238 g/mol. The van der Waals surface area contributed by atoms with Crippen LogP contribution >= 0.6 is 0 Å². The highest BCUT2D eigenvalue weighted by Crippen LogP contribution is 2.35. The Morgan fingerprint density at radius 3 is 2.65 bits per heavy atom. The molecule has 4 atom stereocenters. The van der Waals surface area contributed by atoms with Gasteiger partial charge in [-0.05, 0) is 50.0 Å². The maximum atomic E-state index is 3.56. The molecule has 100 valence electrons. The maximum Gasteiger partial charge on any atom is 0.00930 e. The summed E-state index contributed by atoms with van der Waals surface area (Å²) < 4.78 is 0. The standard InChI is InChI=1S/C15H30N2/c1-5-15(6-7-16-10-15)11-17-9-12(2)8-13(3)14(17)4/h12-14,16H,5-11H2,1-4H3. The Kier molecular flexibility index (Phi) is 4.14. The van der Waals surface area contributed by atoms with Gasteiger partial charge in [0.1, 0.15) is 0 Å².